The maximum absolute atomic E-state index is 9.52. The van der Waals surface area contributed by atoms with E-state index in [1.54, 1.807) is 19.2 Å². The molecule has 0 aliphatic carbocycles. The Kier molecular flexibility index (Phi) is 5.68. The van der Waals surface area contributed by atoms with Crippen molar-refractivity contribution >= 4 is 17.2 Å². The van der Waals surface area contributed by atoms with E-state index in [9.17, 15) is 5.11 Å². The smallest absolute Gasteiger partial charge is 0.127 e. The molecule has 2 aromatic heterocycles. The van der Waals surface area contributed by atoms with Gasteiger partial charge in [0.15, 0.2) is 0 Å². The van der Waals surface area contributed by atoms with Gasteiger partial charge in [-0.2, -0.15) is 0 Å². The average Bonchev–Trinajstić information content (AvgIpc) is 3.12. The van der Waals surface area contributed by atoms with Gasteiger partial charge in [-0.3, -0.25) is 0 Å². The van der Waals surface area contributed by atoms with Crippen LogP contribution in [0.4, 0.5) is 5.82 Å². The summed E-state index contributed by atoms with van der Waals surface area (Å²) in [5, 5.41) is 12.8. The van der Waals surface area contributed by atoms with Gasteiger partial charge in [0.25, 0.3) is 0 Å². The molecule has 4 nitrogen and oxygen atoms in total. The van der Waals surface area contributed by atoms with Gasteiger partial charge in [0.1, 0.15) is 11.6 Å². The summed E-state index contributed by atoms with van der Waals surface area (Å²) in [5.41, 5.74) is 2.99. The van der Waals surface area contributed by atoms with Crippen LogP contribution in [0.25, 0.3) is 21.7 Å². The Hall–Kier alpha value is -2.37. The highest BCUT2D eigenvalue weighted by Gasteiger charge is 2.09. The van der Waals surface area contributed by atoms with Gasteiger partial charge in [-0.25, -0.2) is 4.98 Å². The lowest BCUT2D eigenvalue weighted by Crippen LogP contribution is -2.09. The lowest BCUT2D eigenvalue weighted by atomic mass is 10.1. The van der Waals surface area contributed by atoms with Crippen LogP contribution >= 0.6 is 11.3 Å². The first-order valence-corrected chi connectivity index (χ1v) is 9.14. The van der Waals surface area contributed by atoms with Crippen molar-refractivity contribution < 1.29 is 9.84 Å². The minimum absolute atomic E-state index is 0.254. The van der Waals surface area contributed by atoms with E-state index in [1.165, 1.54) is 9.75 Å². The first-order chi connectivity index (χ1) is 12.2. The molecule has 0 fully saturated rings. The maximum atomic E-state index is 9.52. The second kappa shape index (κ2) is 8.14. The number of ether oxygens (including phenoxy) is 1. The van der Waals surface area contributed by atoms with E-state index in [0.29, 0.717) is 13.2 Å². The third-order valence-electron chi connectivity index (χ3n) is 3.90. The molecule has 130 valence electrons. The SMILES string of the molecule is CCc1ccc(-c2cc(NCCOC)nc(-c3ccc(O)cc3)c2)s1. The van der Waals surface area contributed by atoms with E-state index in [2.05, 4.69) is 36.5 Å². The van der Waals surface area contributed by atoms with Crippen molar-refractivity contribution in [3.8, 4) is 27.4 Å². The van der Waals surface area contributed by atoms with E-state index < -0.39 is 0 Å². The molecule has 5 heteroatoms. The monoisotopic (exact) mass is 354 g/mol. The van der Waals surface area contributed by atoms with Gasteiger partial charge in [-0.05, 0) is 60.5 Å². The number of nitrogens with zero attached hydrogens (tertiary/aromatic N) is 1. The third kappa shape index (κ3) is 4.38. The van der Waals surface area contributed by atoms with Crippen LogP contribution < -0.4 is 5.32 Å². The molecular formula is C20H22N2O2S. The van der Waals surface area contributed by atoms with Crippen LogP contribution in [0.3, 0.4) is 0 Å². The lowest BCUT2D eigenvalue weighted by molar-refractivity contribution is 0.210. The summed E-state index contributed by atoms with van der Waals surface area (Å²) < 4.78 is 5.11. The summed E-state index contributed by atoms with van der Waals surface area (Å²) in [6.45, 7) is 3.49. The molecule has 0 bridgehead atoms. The standard InChI is InChI=1S/C20H22N2O2S/c1-3-17-8-9-19(25-17)15-12-18(14-4-6-16(23)7-5-14)22-20(13-15)21-10-11-24-2/h4-9,12-13,23H,3,10-11H2,1-2H3,(H,21,22). The first-order valence-electron chi connectivity index (χ1n) is 8.33. The van der Waals surface area contributed by atoms with E-state index >= 15 is 0 Å². The summed E-state index contributed by atoms with van der Waals surface area (Å²) in [6.07, 6.45) is 1.04. The molecule has 0 radical (unpaired) electrons. The molecular weight excluding hydrogens is 332 g/mol. The van der Waals surface area contributed by atoms with Gasteiger partial charge in [0.2, 0.25) is 0 Å². The van der Waals surface area contributed by atoms with E-state index in [0.717, 1.165) is 29.1 Å². The Labute approximate surface area is 152 Å². The Morgan fingerprint density at radius 3 is 2.56 bits per heavy atom. The second-order valence-corrected chi connectivity index (χ2v) is 6.88. The molecule has 1 aromatic carbocycles. The number of aromatic hydroxyl groups is 1. The number of phenols is 1. The quantitative estimate of drug-likeness (QED) is 0.598. The van der Waals surface area contributed by atoms with Crippen LogP contribution in [0.2, 0.25) is 0 Å². The number of aryl methyl sites for hydroxylation is 1. The topological polar surface area (TPSA) is 54.4 Å². The predicted molar refractivity (Wildman–Crippen MR) is 104 cm³/mol. The number of methoxy groups -OCH3 is 1. The highest BCUT2D eigenvalue weighted by atomic mass is 32.1. The number of thiophene rings is 1. The summed E-state index contributed by atoms with van der Waals surface area (Å²) in [6, 6.07) is 15.6. The average molecular weight is 354 g/mol. The fourth-order valence-electron chi connectivity index (χ4n) is 2.55. The van der Waals surface area contributed by atoms with Gasteiger partial charge in [-0.1, -0.05) is 6.92 Å². The number of pyridine rings is 1. The van der Waals surface area contributed by atoms with Gasteiger partial charge in [-0.15, -0.1) is 11.3 Å². The van der Waals surface area contributed by atoms with Gasteiger partial charge in [0.05, 0.1) is 12.3 Å². The number of phenolic OH excluding ortho intramolecular Hbond substituents is 1. The number of benzene rings is 1. The summed E-state index contributed by atoms with van der Waals surface area (Å²) in [4.78, 5) is 7.31. The van der Waals surface area contributed by atoms with Gasteiger partial charge in [0, 0.05) is 29.0 Å². The van der Waals surface area contributed by atoms with Crippen LogP contribution in [0.5, 0.6) is 5.75 Å². The van der Waals surface area contributed by atoms with Crippen molar-refractivity contribution in [2.75, 3.05) is 25.6 Å². The number of hydrogen-bond donors (Lipinski definition) is 2. The van der Waals surface area contributed by atoms with Gasteiger partial charge >= 0.3 is 0 Å². The Morgan fingerprint density at radius 2 is 1.88 bits per heavy atom. The van der Waals surface area contributed by atoms with Crippen molar-refractivity contribution in [3.05, 3.63) is 53.4 Å². The Balaban J connectivity index is 1.99. The molecule has 2 heterocycles. The lowest BCUT2D eigenvalue weighted by Gasteiger charge is -2.10. The van der Waals surface area contributed by atoms with Crippen molar-refractivity contribution in [2.45, 2.75) is 13.3 Å². The van der Waals surface area contributed by atoms with Crippen molar-refractivity contribution in [1.29, 1.82) is 0 Å². The number of anilines is 1. The number of aromatic nitrogens is 1. The van der Waals surface area contributed by atoms with Crippen LogP contribution in [-0.2, 0) is 11.2 Å². The minimum atomic E-state index is 0.254. The molecule has 3 aromatic rings. The van der Waals surface area contributed by atoms with Crippen LogP contribution in [0, 0.1) is 0 Å². The van der Waals surface area contributed by atoms with Crippen molar-refractivity contribution in [1.82, 2.24) is 4.98 Å². The number of rotatable bonds is 7. The first kappa shape index (κ1) is 17.5. The Morgan fingerprint density at radius 1 is 1.08 bits per heavy atom. The molecule has 0 aliphatic heterocycles. The van der Waals surface area contributed by atoms with Crippen LogP contribution in [-0.4, -0.2) is 30.4 Å². The molecule has 0 unspecified atom stereocenters. The van der Waals surface area contributed by atoms with E-state index in [1.807, 2.05) is 23.5 Å². The molecule has 25 heavy (non-hydrogen) atoms. The zero-order valence-electron chi connectivity index (χ0n) is 14.5. The molecule has 0 atom stereocenters. The number of nitrogens with one attached hydrogen (secondary N) is 1. The molecule has 0 saturated heterocycles. The van der Waals surface area contributed by atoms with Gasteiger partial charge < -0.3 is 15.2 Å². The largest absolute Gasteiger partial charge is 0.508 e. The van der Waals surface area contributed by atoms with E-state index in [4.69, 9.17) is 9.72 Å². The van der Waals surface area contributed by atoms with Crippen LogP contribution in [0.15, 0.2) is 48.5 Å². The molecule has 0 aliphatic rings. The molecule has 3 rings (SSSR count). The molecule has 0 amide bonds. The highest BCUT2D eigenvalue weighted by molar-refractivity contribution is 7.15. The van der Waals surface area contributed by atoms with Crippen molar-refractivity contribution in [3.63, 3.8) is 0 Å². The maximum Gasteiger partial charge on any atom is 0.127 e. The predicted octanol–water partition coefficient (Wildman–Crippen LogP) is 4.80. The normalized spacial score (nSPS) is 10.8. The summed E-state index contributed by atoms with van der Waals surface area (Å²) in [5.74, 6) is 1.08. The zero-order chi connectivity index (χ0) is 17.6. The summed E-state index contributed by atoms with van der Waals surface area (Å²) >= 11 is 1.81. The molecule has 0 spiro atoms. The fourth-order valence-corrected chi connectivity index (χ4v) is 3.48. The molecule has 0 saturated carbocycles. The fraction of sp³-hybridized carbons (Fsp3) is 0.250. The van der Waals surface area contributed by atoms with Crippen LogP contribution in [0.1, 0.15) is 11.8 Å². The van der Waals surface area contributed by atoms with Crippen molar-refractivity contribution in [2.24, 2.45) is 0 Å². The Bertz CT molecular complexity index is 828. The molecule has 2 N–H and O–H groups in total. The highest BCUT2D eigenvalue weighted by Crippen LogP contribution is 2.33. The summed E-state index contributed by atoms with van der Waals surface area (Å²) in [7, 11) is 1.69. The van der Waals surface area contributed by atoms with E-state index in [-0.39, 0.29) is 5.75 Å². The number of hydrogen-bond acceptors (Lipinski definition) is 5. The minimum Gasteiger partial charge on any atom is -0.508 e. The third-order valence-corrected chi connectivity index (χ3v) is 5.17. The zero-order valence-corrected chi connectivity index (χ0v) is 15.3. The second-order valence-electron chi connectivity index (χ2n) is 5.71.